The van der Waals surface area contributed by atoms with Gasteiger partial charge in [0.05, 0.1) is 23.2 Å². The lowest BCUT2D eigenvalue weighted by molar-refractivity contribution is 0.496. The predicted octanol–water partition coefficient (Wildman–Crippen LogP) is 2.41. The summed E-state index contributed by atoms with van der Waals surface area (Å²) in [5.74, 6) is 0.459. The van der Waals surface area contributed by atoms with E-state index in [9.17, 15) is 8.42 Å². The van der Waals surface area contributed by atoms with Gasteiger partial charge in [0, 0.05) is 6.20 Å². The van der Waals surface area contributed by atoms with Crippen LogP contribution in [-0.4, -0.2) is 29.7 Å². The van der Waals surface area contributed by atoms with Crippen LogP contribution in [0.15, 0.2) is 42.6 Å². The van der Waals surface area contributed by atoms with Gasteiger partial charge in [0.2, 0.25) is 0 Å². The Morgan fingerprint density at radius 3 is 2.65 bits per heavy atom. The van der Waals surface area contributed by atoms with Crippen LogP contribution in [0, 0.1) is 0 Å². The Morgan fingerprint density at radius 1 is 1.15 bits per heavy atom. The molecule has 0 aliphatic carbocycles. The molecule has 20 heavy (non-hydrogen) atoms. The molecule has 0 N–H and O–H groups in total. The lowest BCUT2D eigenvalue weighted by atomic mass is 10.2. The molecule has 1 aliphatic heterocycles. The van der Waals surface area contributed by atoms with Crippen molar-refractivity contribution in [2.45, 2.75) is 12.5 Å². The van der Waals surface area contributed by atoms with Crippen LogP contribution in [0.5, 0.6) is 0 Å². The minimum atomic E-state index is -2.89. The molecule has 0 unspecified atom stereocenters. The van der Waals surface area contributed by atoms with Crippen molar-refractivity contribution in [3.05, 3.63) is 53.9 Å². The molecule has 1 aliphatic rings. The Labute approximate surface area is 118 Å². The number of nitrogens with zero attached hydrogens (tertiary/aromatic N) is 2. The third-order valence-electron chi connectivity index (χ3n) is 3.50. The van der Waals surface area contributed by atoms with Crippen LogP contribution in [0.25, 0.3) is 12.2 Å². The Kier molecular flexibility index (Phi) is 3.44. The fraction of sp³-hybridized carbons (Fsp3) is 0.267. The molecule has 1 fully saturated rings. The molecule has 5 heteroatoms. The van der Waals surface area contributed by atoms with Gasteiger partial charge in [-0.1, -0.05) is 36.4 Å². The highest BCUT2D eigenvalue weighted by Crippen LogP contribution is 2.24. The Morgan fingerprint density at radius 2 is 1.95 bits per heavy atom. The van der Waals surface area contributed by atoms with Crippen LogP contribution < -0.4 is 0 Å². The van der Waals surface area contributed by atoms with E-state index in [1.165, 1.54) is 0 Å². The molecular weight excluding hydrogens is 272 g/mol. The van der Waals surface area contributed by atoms with Crippen LogP contribution in [0.1, 0.15) is 23.7 Å². The number of hydrogen-bond donors (Lipinski definition) is 0. The molecule has 0 amide bonds. The molecule has 4 nitrogen and oxygen atoms in total. The maximum absolute atomic E-state index is 11.6. The van der Waals surface area contributed by atoms with Crippen LogP contribution in [0.2, 0.25) is 0 Å². The molecule has 3 rings (SSSR count). The molecule has 1 aromatic carbocycles. The number of aromatic nitrogens is 2. The molecule has 1 saturated heterocycles. The van der Waals surface area contributed by atoms with E-state index in [0.717, 1.165) is 11.3 Å². The van der Waals surface area contributed by atoms with Crippen LogP contribution in [0.4, 0.5) is 0 Å². The maximum Gasteiger partial charge on any atom is 0.152 e. The fourth-order valence-corrected chi connectivity index (χ4v) is 4.17. The van der Waals surface area contributed by atoms with Gasteiger partial charge in [0.1, 0.15) is 0 Å². The quantitative estimate of drug-likeness (QED) is 0.871. The van der Waals surface area contributed by atoms with Crippen molar-refractivity contribution in [1.82, 2.24) is 9.78 Å². The molecule has 0 spiro atoms. The monoisotopic (exact) mass is 288 g/mol. The van der Waals surface area contributed by atoms with Gasteiger partial charge < -0.3 is 0 Å². The summed E-state index contributed by atoms with van der Waals surface area (Å²) < 4.78 is 25.0. The Hall–Kier alpha value is -1.88. The fourth-order valence-electron chi connectivity index (χ4n) is 2.48. The van der Waals surface area contributed by atoms with Crippen molar-refractivity contribution in [1.29, 1.82) is 0 Å². The second kappa shape index (κ2) is 5.25. The molecule has 0 bridgehead atoms. The summed E-state index contributed by atoms with van der Waals surface area (Å²) in [5, 5.41) is 4.28. The lowest BCUT2D eigenvalue weighted by Crippen LogP contribution is -2.13. The molecule has 104 valence electrons. The van der Waals surface area contributed by atoms with Gasteiger partial charge in [0.15, 0.2) is 9.84 Å². The smallest absolute Gasteiger partial charge is 0.152 e. The van der Waals surface area contributed by atoms with Crippen molar-refractivity contribution in [3.63, 3.8) is 0 Å². The minimum Gasteiger partial charge on any atom is -0.261 e. The van der Waals surface area contributed by atoms with Gasteiger partial charge in [-0.3, -0.25) is 4.68 Å². The molecule has 1 atom stereocenters. The topological polar surface area (TPSA) is 52.0 Å². The normalized spacial score (nSPS) is 21.5. The summed E-state index contributed by atoms with van der Waals surface area (Å²) in [7, 11) is -2.89. The number of sulfone groups is 1. The van der Waals surface area contributed by atoms with Crippen LogP contribution in [-0.2, 0) is 9.84 Å². The van der Waals surface area contributed by atoms with E-state index >= 15 is 0 Å². The largest absolute Gasteiger partial charge is 0.261 e. The van der Waals surface area contributed by atoms with Gasteiger partial charge >= 0.3 is 0 Å². The molecular formula is C15H16N2O2S. The highest BCUT2D eigenvalue weighted by Gasteiger charge is 2.30. The standard InChI is InChI=1S/C15H16N2O2S/c18-20(19)11-9-15(12-20)17-14(8-10-16-17)7-6-13-4-2-1-3-5-13/h1-8,10,15H,9,11-12H2/b7-6+/t15-/m1/s1. The summed E-state index contributed by atoms with van der Waals surface area (Å²) >= 11 is 0. The average molecular weight is 288 g/mol. The SMILES string of the molecule is O=S1(=O)CC[C@@H](n2nccc2/C=C/c2ccccc2)C1. The van der Waals surface area contributed by atoms with Crippen LogP contribution in [0.3, 0.4) is 0 Å². The van der Waals surface area contributed by atoms with Crippen molar-refractivity contribution < 1.29 is 8.42 Å². The summed E-state index contributed by atoms with van der Waals surface area (Å²) in [6.45, 7) is 0. The molecule has 0 saturated carbocycles. The van der Waals surface area contributed by atoms with E-state index in [0.29, 0.717) is 6.42 Å². The molecule has 0 radical (unpaired) electrons. The molecule has 2 aromatic rings. The first-order valence-corrected chi connectivity index (χ1v) is 8.43. The van der Waals surface area contributed by atoms with Crippen molar-refractivity contribution >= 4 is 22.0 Å². The highest BCUT2D eigenvalue weighted by atomic mass is 32.2. The zero-order chi connectivity index (χ0) is 14.0. The van der Waals surface area contributed by atoms with E-state index in [1.807, 2.05) is 53.2 Å². The van der Waals surface area contributed by atoms with Gasteiger partial charge in [-0.15, -0.1) is 0 Å². The average Bonchev–Trinajstić information content (AvgIpc) is 3.03. The van der Waals surface area contributed by atoms with Gasteiger partial charge in [-0.25, -0.2) is 8.42 Å². The van der Waals surface area contributed by atoms with Crippen LogP contribution >= 0.6 is 0 Å². The summed E-state index contributed by atoms with van der Waals surface area (Å²) in [6, 6.07) is 11.9. The number of hydrogen-bond acceptors (Lipinski definition) is 3. The van der Waals surface area contributed by atoms with Gasteiger partial charge in [0.25, 0.3) is 0 Å². The Balaban J connectivity index is 1.83. The van der Waals surface area contributed by atoms with E-state index in [1.54, 1.807) is 6.20 Å². The van der Waals surface area contributed by atoms with Gasteiger partial charge in [-0.05, 0) is 24.1 Å². The zero-order valence-electron chi connectivity index (χ0n) is 11.0. The third kappa shape index (κ3) is 2.82. The number of rotatable bonds is 3. The molecule has 2 heterocycles. The molecule has 1 aromatic heterocycles. The third-order valence-corrected chi connectivity index (χ3v) is 5.25. The maximum atomic E-state index is 11.6. The summed E-state index contributed by atoms with van der Waals surface area (Å²) in [4.78, 5) is 0. The minimum absolute atomic E-state index is 0.0366. The Bertz CT molecular complexity index is 717. The van der Waals surface area contributed by atoms with Gasteiger partial charge in [-0.2, -0.15) is 5.10 Å². The van der Waals surface area contributed by atoms with Crippen molar-refractivity contribution in [2.24, 2.45) is 0 Å². The summed E-state index contributed by atoms with van der Waals surface area (Å²) in [5.41, 5.74) is 2.05. The van der Waals surface area contributed by atoms with E-state index in [-0.39, 0.29) is 17.5 Å². The van der Waals surface area contributed by atoms with E-state index in [4.69, 9.17) is 0 Å². The number of benzene rings is 1. The summed E-state index contributed by atoms with van der Waals surface area (Å²) in [6.07, 6.45) is 6.36. The lowest BCUT2D eigenvalue weighted by Gasteiger charge is -2.10. The van der Waals surface area contributed by atoms with E-state index < -0.39 is 9.84 Å². The first-order valence-electron chi connectivity index (χ1n) is 6.61. The van der Waals surface area contributed by atoms with Crippen molar-refractivity contribution in [3.8, 4) is 0 Å². The highest BCUT2D eigenvalue weighted by molar-refractivity contribution is 7.91. The second-order valence-corrected chi connectivity index (χ2v) is 7.23. The van der Waals surface area contributed by atoms with E-state index in [2.05, 4.69) is 5.10 Å². The second-order valence-electron chi connectivity index (χ2n) is 5.00. The first kappa shape index (κ1) is 13.1. The zero-order valence-corrected chi connectivity index (χ0v) is 11.8. The van der Waals surface area contributed by atoms with Crippen molar-refractivity contribution in [2.75, 3.05) is 11.5 Å². The predicted molar refractivity (Wildman–Crippen MR) is 79.9 cm³/mol. The first-order chi connectivity index (χ1) is 9.64.